The molecule has 1 saturated heterocycles. The second-order valence-corrected chi connectivity index (χ2v) is 7.13. The van der Waals surface area contributed by atoms with Gasteiger partial charge in [0.25, 0.3) is 0 Å². The lowest BCUT2D eigenvalue weighted by atomic mass is 10.0. The SMILES string of the molecule is Cc1ccc(-c2csc(NC(=O)CN3CCCC[C@@H]3C)n2)cc1. The number of anilines is 1. The molecule has 23 heavy (non-hydrogen) atoms. The van der Waals surface area contributed by atoms with Crippen molar-refractivity contribution in [2.24, 2.45) is 0 Å². The molecule has 0 unspecified atom stereocenters. The van der Waals surface area contributed by atoms with Crippen LogP contribution in [0.25, 0.3) is 11.3 Å². The second kappa shape index (κ2) is 7.23. The zero-order valence-corrected chi connectivity index (χ0v) is 14.5. The van der Waals surface area contributed by atoms with Crippen molar-refractivity contribution in [2.75, 3.05) is 18.4 Å². The number of likely N-dealkylation sites (tertiary alicyclic amines) is 1. The van der Waals surface area contributed by atoms with Crippen LogP contribution in [0.3, 0.4) is 0 Å². The molecule has 0 spiro atoms. The van der Waals surface area contributed by atoms with Crippen molar-refractivity contribution in [3.8, 4) is 11.3 Å². The first kappa shape index (κ1) is 16.1. The van der Waals surface area contributed by atoms with E-state index in [1.165, 1.54) is 36.2 Å². The Labute approximate surface area is 141 Å². The molecule has 1 fully saturated rings. The molecule has 3 rings (SSSR count). The molecule has 1 amide bonds. The van der Waals surface area contributed by atoms with E-state index in [1.54, 1.807) is 0 Å². The third-order valence-corrected chi connectivity index (χ3v) is 5.14. The van der Waals surface area contributed by atoms with Crippen LogP contribution in [0.15, 0.2) is 29.6 Å². The number of nitrogens with one attached hydrogen (secondary N) is 1. The first-order chi connectivity index (χ1) is 11.1. The van der Waals surface area contributed by atoms with Gasteiger partial charge in [0.15, 0.2) is 5.13 Å². The Hall–Kier alpha value is -1.72. The summed E-state index contributed by atoms with van der Waals surface area (Å²) >= 11 is 1.48. The number of nitrogens with zero attached hydrogens (tertiary/aromatic N) is 2. The Morgan fingerprint density at radius 3 is 2.87 bits per heavy atom. The van der Waals surface area contributed by atoms with Gasteiger partial charge in [0.05, 0.1) is 12.2 Å². The molecule has 5 heteroatoms. The molecular formula is C18H23N3OS. The van der Waals surface area contributed by atoms with Crippen molar-refractivity contribution in [1.82, 2.24) is 9.88 Å². The van der Waals surface area contributed by atoms with Crippen LogP contribution in [0.5, 0.6) is 0 Å². The molecule has 0 radical (unpaired) electrons. The van der Waals surface area contributed by atoms with Crippen molar-refractivity contribution >= 4 is 22.4 Å². The third-order valence-electron chi connectivity index (χ3n) is 4.39. The topological polar surface area (TPSA) is 45.2 Å². The fourth-order valence-corrected chi connectivity index (χ4v) is 3.66. The minimum atomic E-state index is 0.0311. The van der Waals surface area contributed by atoms with E-state index in [-0.39, 0.29) is 5.91 Å². The summed E-state index contributed by atoms with van der Waals surface area (Å²) in [6.45, 7) is 5.74. The van der Waals surface area contributed by atoms with Crippen LogP contribution in [-0.4, -0.2) is 34.9 Å². The van der Waals surface area contributed by atoms with E-state index in [1.807, 2.05) is 5.38 Å². The molecule has 0 saturated carbocycles. The molecule has 1 aromatic heterocycles. The maximum absolute atomic E-state index is 12.2. The first-order valence-corrected chi connectivity index (χ1v) is 9.06. The van der Waals surface area contributed by atoms with E-state index in [2.05, 4.69) is 53.3 Å². The molecular weight excluding hydrogens is 306 g/mol. The number of aryl methyl sites for hydroxylation is 1. The van der Waals surface area contributed by atoms with Crippen LogP contribution in [-0.2, 0) is 4.79 Å². The van der Waals surface area contributed by atoms with Crippen LogP contribution in [0, 0.1) is 6.92 Å². The summed E-state index contributed by atoms with van der Waals surface area (Å²) in [6.07, 6.45) is 3.64. The summed E-state index contributed by atoms with van der Waals surface area (Å²) in [5, 5.41) is 5.60. The molecule has 1 N–H and O–H groups in total. The van der Waals surface area contributed by atoms with Crippen molar-refractivity contribution in [2.45, 2.75) is 39.2 Å². The van der Waals surface area contributed by atoms with Gasteiger partial charge in [0, 0.05) is 17.0 Å². The molecule has 0 aliphatic carbocycles. The van der Waals surface area contributed by atoms with Crippen molar-refractivity contribution < 1.29 is 4.79 Å². The number of piperidine rings is 1. The normalized spacial score (nSPS) is 18.8. The zero-order chi connectivity index (χ0) is 16.2. The highest BCUT2D eigenvalue weighted by molar-refractivity contribution is 7.14. The summed E-state index contributed by atoms with van der Waals surface area (Å²) in [5.41, 5.74) is 3.22. The molecule has 122 valence electrons. The number of carbonyl (C=O) groups is 1. The Bertz CT molecular complexity index is 665. The Morgan fingerprint density at radius 1 is 1.35 bits per heavy atom. The Morgan fingerprint density at radius 2 is 2.13 bits per heavy atom. The average Bonchev–Trinajstić information content (AvgIpc) is 2.98. The van der Waals surface area contributed by atoms with Gasteiger partial charge in [-0.1, -0.05) is 36.2 Å². The Kier molecular flexibility index (Phi) is 5.08. The highest BCUT2D eigenvalue weighted by Crippen LogP contribution is 2.25. The minimum absolute atomic E-state index is 0.0311. The number of thiazole rings is 1. The number of aromatic nitrogens is 1. The maximum Gasteiger partial charge on any atom is 0.240 e. The molecule has 1 aliphatic rings. The predicted octanol–water partition coefficient (Wildman–Crippen LogP) is 3.93. The lowest BCUT2D eigenvalue weighted by Crippen LogP contribution is -2.42. The number of benzene rings is 1. The van der Waals surface area contributed by atoms with Gasteiger partial charge in [0.1, 0.15) is 0 Å². The lowest BCUT2D eigenvalue weighted by Gasteiger charge is -2.32. The summed E-state index contributed by atoms with van der Waals surface area (Å²) < 4.78 is 0. The summed E-state index contributed by atoms with van der Waals surface area (Å²) in [6, 6.07) is 8.76. The largest absolute Gasteiger partial charge is 0.301 e. The van der Waals surface area contributed by atoms with Gasteiger partial charge in [-0.25, -0.2) is 4.98 Å². The van der Waals surface area contributed by atoms with Gasteiger partial charge in [-0.15, -0.1) is 11.3 Å². The Balaban J connectivity index is 1.60. The van der Waals surface area contributed by atoms with Crippen molar-refractivity contribution in [1.29, 1.82) is 0 Å². The fraction of sp³-hybridized carbons (Fsp3) is 0.444. The van der Waals surface area contributed by atoms with Gasteiger partial charge in [-0.05, 0) is 33.2 Å². The molecule has 1 aromatic carbocycles. The van der Waals surface area contributed by atoms with E-state index in [9.17, 15) is 4.79 Å². The number of rotatable bonds is 4. The van der Waals surface area contributed by atoms with Gasteiger partial charge < -0.3 is 5.32 Å². The molecule has 2 heterocycles. The average molecular weight is 329 g/mol. The number of hydrogen-bond acceptors (Lipinski definition) is 4. The quantitative estimate of drug-likeness (QED) is 0.924. The van der Waals surface area contributed by atoms with E-state index in [0.717, 1.165) is 17.8 Å². The molecule has 2 aromatic rings. The number of amides is 1. The third kappa shape index (κ3) is 4.18. The van der Waals surface area contributed by atoms with E-state index >= 15 is 0 Å². The standard InChI is InChI=1S/C18H23N3OS/c1-13-6-8-15(9-7-13)16-12-23-18(19-16)20-17(22)11-21-10-4-3-5-14(21)2/h6-9,12,14H,3-5,10-11H2,1-2H3,(H,19,20,22)/t14-/m0/s1. The van der Waals surface area contributed by atoms with Gasteiger partial charge >= 0.3 is 0 Å². The molecule has 1 aliphatic heterocycles. The van der Waals surface area contributed by atoms with Crippen LogP contribution in [0.1, 0.15) is 31.7 Å². The lowest BCUT2D eigenvalue weighted by molar-refractivity contribution is -0.118. The summed E-state index contributed by atoms with van der Waals surface area (Å²) in [5.74, 6) is 0.0311. The summed E-state index contributed by atoms with van der Waals surface area (Å²) in [7, 11) is 0. The van der Waals surface area contributed by atoms with Crippen molar-refractivity contribution in [3.63, 3.8) is 0 Å². The molecule has 1 atom stereocenters. The first-order valence-electron chi connectivity index (χ1n) is 8.18. The van der Waals surface area contributed by atoms with Crippen LogP contribution in [0.4, 0.5) is 5.13 Å². The highest BCUT2D eigenvalue weighted by atomic mass is 32.1. The van der Waals surface area contributed by atoms with Gasteiger partial charge in [0.2, 0.25) is 5.91 Å². The van der Waals surface area contributed by atoms with Crippen LogP contribution in [0.2, 0.25) is 0 Å². The number of carbonyl (C=O) groups excluding carboxylic acids is 1. The second-order valence-electron chi connectivity index (χ2n) is 6.27. The smallest absolute Gasteiger partial charge is 0.240 e. The molecule has 4 nitrogen and oxygen atoms in total. The van der Waals surface area contributed by atoms with Gasteiger partial charge in [-0.2, -0.15) is 0 Å². The van der Waals surface area contributed by atoms with Gasteiger partial charge in [-0.3, -0.25) is 9.69 Å². The number of hydrogen-bond donors (Lipinski definition) is 1. The van der Waals surface area contributed by atoms with Crippen LogP contribution < -0.4 is 5.32 Å². The summed E-state index contributed by atoms with van der Waals surface area (Å²) in [4.78, 5) is 19.0. The highest BCUT2D eigenvalue weighted by Gasteiger charge is 2.20. The van der Waals surface area contributed by atoms with Crippen LogP contribution >= 0.6 is 11.3 Å². The molecule has 0 bridgehead atoms. The van der Waals surface area contributed by atoms with Crippen molar-refractivity contribution in [3.05, 3.63) is 35.2 Å². The van der Waals surface area contributed by atoms with E-state index in [0.29, 0.717) is 17.7 Å². The predicted molar refractivity (Wildman–Crippen MR) is 95.8 cm³/mol. The van der Waals surface area contributed by atoms with E-state index in [4.69, 9.17) is 0 Å². The maximum atomic E-state index is 12.2. The zero-order valence-electron chi connectivity index (χ0n) is 13.7. The fourth-order valence-electron chi connectivity index (χ4n) is 2.92. The van der Waals surface area contributed by atoms with E-state index < -0.39 is 0 Å². The minimum Gasteiger partial charge on any atom is -0.301 e. The monoisotopic (exact) mass is 329 g/mol.